The van der Waals surface area contributed by atoms with Gasteiger partial charge in [0, 0.05) is 25.8 Å². The highest BCUT2D eigenvalue weighted by Gasteiger charge is 2.37. The number of nitrogens with one attached hydrogen (secondary N) is 11. The molecule has 30 heteroatoms. The second-order valence-electron chi connectivity index (χ2n) is 22.3. The molecule has 1 fully saturated rings. The minimum absolute atomic E-state index is 0.0279. The summed E-state index contributed by atoms with van der Waals surface area (Å²) >= 11 is 0. The van der Waals surface area contributed by atoms with Gasteiger partial charge in [-0.1, -0.05) is 77.3 Å². The quantitative estimate of drug-likeness (QED) is 0.0310. The van der Waals surface area contributed by atoms with Crippen molar-refractivity contribution in [2.45, 2.75) is 197 Å². The number of hydrogen-bond donors (Lipinski definition) is 18. The lowest BCUT2D eigenvalue weighted by Gasteiger charge is -2.29. The van der Waals surface area contributed by atoms with Crippen molar-refractivity contribution >= 4 is 70.9 Å². The third-order valence-corrected chi connectivity index (χ3v) is 14.5. The number of amides is 11. The minimum atomic E-state index is -1.72. The van der Waals surface area contributed by atoms with Crippen LogP contribution in [0.1, 0.15) is 130 Å². The number of nitrogens with two attached hydrogens (primary N) is 5. The van der Waals surface area contributed by atoms with E-state index in [1.165, 1.54) is 6.92 Å². The molecule has 0 unspecified atom stereocenters. The Hall–Kier alpha value is -7.38. The molecule has 12 atom stereocenters. The van der Waals surface area contributed by atoms with E-state index in [1.54, 1.807) is 44.2 Å². The molecule has 30 nitrogen and oxygen atoms in total. The molecule has 1 heterocycles. The van der Waals surface area contributed by atoms with Crippen LogP contribution in [0.15, 0.2) is 30.3 Å². The predicted molar refractivity (Wildman–Crippen MR) is 321 cm³/mol. The first kappa shape index (κ1) is 75.7. The Morgan fingerprint density at radius 2 is 1.03 bits per heavy atom. The fraction of sp³-hybridized carbons (Fsp3) is 0.684. The summed E-state index contributed by atoms with van der Waals surface area (Å²) in [6.07, 6.45) is -0.818. The molecule has 0 bridgehead atoms. The number of carbonyl (C=O) groups excluding carboxylic acids is 11. The minimum Gasteiger partial charge on any atom is -0.481 e. The molecule has 1 aromatic carbocycles. The number of rotatable bonds is 31. The van der Waals surface area contributed by atoms with Crippen LogP contribution in [0.4, 0.5) is 0 Å². The van der Waals surface area contributed by atoms with Gasteiger partial charge in [-0.3, -0.25) is 57.5 Å². The number of hydrogen-bond acceptors (Lipinski definition) is 18. The lowest BCUT2D eigenvalue weighted by Crippen LogP contribution is -2.62. The number of carboxylic acids is 1. The van der Waals surface area contributed by atoms with E-state index >= 15 is 0 Å². The van der Waals surface area contributed by atoms with Gasteiger partial charge in [-0.15, -0.1) is 0 Å². The van der Waals surface area contributed by atoms with Crippen LogP contribution in [0.2, 0.25) is 0 Å². The summed E-state index contributed by atoms with van der Waals surface area (Å²) in [5.41, 5.74) is 29.9. The molecular formula is C57H98N16O14. The smallest absolute Gasteiger partial charge is 0.303 e. The largest absolute Gasteiger partial charge is 0.481 e. The molecule has 0 saturated carbocycles. The molecule has 1 aliphatic heterocycles. The van der Waals surface area contributed by atoms with E-state index in [1.807, 2.05) is 0 Å². The molecule has 0 aliphatic carbocycles. The van der Waals surface area contributed by atoms with E-state index < -0.39 is 163 Å². The molecule has 0 spiro atoms. The fourth-order valence-electron chi connectivity index (χ4n) is 9.28. The van der Waals surface area contributed by atoms with Crippen molar-refractivity contribution in [1.29, 1.82) is 0 Å². The number of benzene rings is 1. The topological polar surface area (TPSA) is 508 Å². The van der Waals surface area contributed by atoms with E-state index in [0.29, 0.717) is 17.9 Å². The average molecular weight is 1230 g/mol. The molecule has 1 aliphatic rings. The highest BCUT2D eigenvalue weighted by Crippen LogP contribution is 2.14. The zero-order chi connectivity index (χ0) is 65.2. The molecule has 11 amide bonds. The second kappa shape index (κ2) is 40.9. The number of aliphatic carboxylic acids is 1. The zero-order valence-corrected chi connectivity index (χ0v) is 50.9. The van der Waals surface area contributed by atoms with E-state index in [4.69, 9.17) is 28.7 Å². The summed E-state index contributed by atoms with van der Waals surface area (Å²) in [6.45, 7) is 7.65. The van der Waals surface area contributed by atoms with Crippen molar-refractivity contribution in [3.05, 3.63) is 35.9 Å². The normalized spacial score (nSPS) is 22.2. The van der Waals surface area contributed by atoms with Gasteiger partial charge in [-0.05, 0) is 115 Å². The van der Waals surface area contributed by atoms with E-state index in [-0.39, 0.29) is 90.0 Å². The first-order chi connectivity index (χ1) is 41.3. The van der Waals surface area contributed by atoms with Crippen molar-refractivity contribution in [2.75, 3.05) is 39.3 Å². The van der Waals surface area contributed by atoms with Gasteiger partial charge in [-0.25, -0.2) is 0 Å². The third kappa shape index (κ3) is 28.3. The summed E-state index contributed by atoms with van der Waals surface area (Å²) in [5, 5.41) is 48.5. The fourth-order valence-corrected chi connectivity index (χ4v) is 9.28. The Morgan fingerprint density at radius 1 is 0.552 bits per heavy atom. The van der Waals surface area contributed by atoms with Crippen molar-refractivity contribution in [3.63, 3.8) is 0 Å². The van der Waals surface area contributed by atoms with E-state index in [9.17, 15) is 67.7 Å². The highest BCUT2D eigenvalue weighted by molar-refractivity contribution is 5.99. The van der Waals surface area contributed by atoms with Crippen LogP contribution >= 0.6 is 0 Å². The van der Waals surface area contributed by atoms with Gasteiger partial charge in [-0.2, -0.15) is 0 Å². The van der Waals surface area contributed by atoms with Gasteiger partial charge in [0.25, 0.3) is 0 Å². The number of aliphatic hydroxyl groups excluding tert-OH is 1. The van der Waals surface area contributed by atoms with Crippen LogP contribution in [0.25, 0.3) is 0 Å². The SMILES string of the molecule is CC[C@H](C)CCCCC(=O)N[C@@H](CCN)C(=O)N[C@H](C(=O)N[C@@H](CCN)C(=O)N[C@H]1CCNC(=O)[C@H](CCC(=O)O)NC(=O)[C@H](CCN)NC(=O)[C@H](CCN)NC(=O)[C@H](CC(C)C)NC(=O)[C@@H](Cc2ccccc2)NC(=O)[C@H](CCN)NC1=O)[C@@H](C)O. The van der Waals surface area contributed by atoms with Gasteiger partial charge in [0.05, 0.1) is 6.10 Å². The maximum Gasteiger partial charge on any atom is 0.303 e. The van der Waals surface area contributed by atoms with Crippen LogP contribution in [0, 0.1) is 11.8 Å². The summed E-state index contributed by atoms with van der Waals surface area (Å²) in [6, 6.07) is -6.38. The Morgan fingerprint density at radius 3 is 1.53 bits per heavy atom. The van der Waals surface area contributed by atoms with Crippen LogP contribution in [0.5, 0.6) is 0 Å². The predicted octanol–water partition coefficient (Wildman–Crippen LogP) is -4.76. The van der Waals surface area contributed by atoms with Crippen molar-refractivity contribution in [2.24, 2.45) is 40.5 Å². The van der Waals surface area contributed by atoms with Gasteiger partial charge >= 0.3 is 5.97 Å². The molecule has 1 saturated heterocycles. The van der Waals surface area contributed by atoms with Gasteiger partial charge < -0.3 is 97.4 Å². The highest BCUT2D eigenvalue weighted by atomic mass is 16.4. The van der Waals surface area contributed by atoms with Gasteiger partial charge in [0.1, 0.15) is 60.4 Å². The second-order valence-corrected chi connectivity index (χ2v) is 22.3. The van der Waals surface area contributed by atoms with Crippen LogP contribution < -0.4 is 87.2 Å². The lowest BCUT2D eigenvalue weighted by atomic mass is 10.00. The Bertz CT molecular complexity index is 2400. The van der Waals surface area contributed by atoms with Crippen molar-refractivity contribution in [1.82, 2.24) is 58.5 Å². The molecule has 0 aromatic heterocycles. The number of carbonyl (C=O) groups is 12. The first-order valence-electron chi connectivity index (χ1n) is 30.1. The Kier molecular flexibility index (Phi) is 35.6. The van der Waals surface area contributed by atoms with Crippen LogP contribution in [-0.2, 0) is 64.0 Å². The standard InChI is InChI=1S/C57H98N16O14/c1-6-33(4)12-10-11-15-45(75)64-37(18-24-58)54(84)73-47(34(5)74)57(87)70-41(22-28-62)51(81)69-42-23-29-63-48(78)36(16-17-46(76)77)65-49(79)38(19-25-59)66-50(80)39(20-26-60)68-55(85)43(30-32(2)3)71-56(86)44(31-35-13-8-7-9-14-35)72-52(82)40(21-27-61)67-53(42)83/h7-9,13-14,32-34,36-44,47,74H,6,10-12,15-31,58-62H2,1-5H3,(H,63,78)(H,64,75)(H,65,79)(H,66,80)(H,67,83)(H,68,85)(H,69,81)(H,70,87)(H,71,86)(H,72,82)(H,73,84)(H,76,77)/t33-,34+,36-,37-,38-,39-,40-,41-,42-,43-,44+,47-/m0/s1. The van der Waals surface area contributed by atoms with Gasteiger partial charge in [0.15, 0.2) is 0 Å². The molecule has 2 rings (SSSR count). The summed E-state index contributed by atoms with van der Waals surface area (Å²) in [4.78, 5) is 166. The maximum atomic E-state index is 14.6. The lowest BCUT2D eigenvalue weighted by molar-refractivity contribution is -0.138. The molecule has 87 heavy (non-hydrogen) atoms. The molecule has 1 aromatic rings. The van der Waals surface area contributed by atoms with Crippen molar-refractivity contribution in [3.8, 4) is 0 Å². The number of unbranched alkanes of at least 4 members (excludes halogenated alkanes) is 1. The van der Waals surface area contributed by atoms with Crippen LogP contribution in [-0.4, -0.2) is 187 Å². The summed E-state index contributed by atoms with van der Waals surface area (Å²) in [5.74, 6) is -11.0. The third-order valence-electron chi connectivity index (χ3n) is 14.5. The van der Waals surface area contributed by atoms with Crippen LogP contribution in [0.3, 0.4) is 0 Å². The average Bonchev–Trinajstić information content (AvgIpc) is 3.69. The van der Waals surface area contributed by atoms with E-state index in [2.05, 4.69) is 72.3 Å². The Labute approximate surface area is 508 Å². The monoisotopic (exact) mass is 1230 g/mol. The molecule has 490 valence electrons. The summed E-state index contributed by atoms with van der Waals surface area (Å²) in [7, 11) is 0. The van der Waals surface area contributed by atoms with E-state index in [0.717, 1.165) is 19.3 Å². The zero-order valence-electron chi connectivity index (χ0n) is 50.9. The maximum absolute atomic E-state index is 14.6. The number of carboxylic acid groups (broad SMARTS) is 1. The molecular weight excluding hydrogens is 1130 g/mol. The first-order valence-corrected chi connectivity index (χ1v) is 30.1. The molecule has 0 radical (unpaired) electrons. The summed E-state index contributed by atoms with van der Waals surface area (Å²) < 4.78 is 0. The van der Waals surface area contributed by atoms with Crippen molar-refractivity contribution < 1.29 is 67.7 Å². The molecule has 23 N–H and O–H groups in total. The Balaban J connectivity index is 2.71. The number of aliphatic hydroxyl groups is 1. The van der Waals surface area contributed by atoms with Gasteiger partial charge in [0.2, 0.25) is 65.0 Å².